The molecule has 0 spiro atoms. The van der Waals surface area contributed by atoms with Crippen molar-refractivity contribution in [3.63, 3.8) is 0 Å². The third-order valence-electron chi connectivity index (χ3n) is 4.28. The van der Waals surface area contributed by atoms with E-state index in [1.54, 1.807) is 32.0 Å². The number of anilines is 1. The molecule has 2 aromatic carbocycles. The van der Waals surface area contributed by atoms with E-state index in [1.165, 1.54) is 27.2 Å². The second kappa shape index (κ2) is 12.3. The van der Waals surface area contributed by atoms with Crippen molar-refractivity contribution in [3.05, 3.63) is 34.3 Å². The Morgan fingerprint density at radius 2 is 1.64 bits per heavy atom. The fourth-order valence-corrected chi connectivity index (χ4v) is 3.29. The average Bonchev–Trinajstić information content (AvgIpc) is 2.78. The summed E-state index contributed by atoms with van der Waals surface area (Å²) in [6, 6.07) is 4.84. The number of ether oxygens (including phenoxy) is 4. The first-order valence-electron chi connectivity index (χ1n) is 9.99. The third kappa shape index (κ3) is 6.27. The molecule has 178 valence electrons. The lowest BCUT2D eigenvalue weighted by Crippen LogP contribution is -2.32. The van der Waals surface area contributed by atoms with Gasteiger partial charge < -0.3 is 24.3 Å². The van der Waals surface area contributed by atoms with E-state index in [2.05, 4.69) is 15.5 Å². The minimum Gasteiger partial charge on any atom is -0.493 e. The van der Waals surface area contributed by atoms with Crippen LogP contribution >= 0.6 is 23.2 Å². The first-order valence-corrected chi connectivity index (χ1v) is 10.7. The Bertz CT molecular complexity index is 1050. The molecule has 1 N–H and O–H groups in total. The summed E-state index contributed by atoms with van der Waals surface area (Å²) in [7, 11) is 2.88. The number of amides is 1. The van der Waals surface area contributed by atoms with Crippen LogP contribution in [-0.2, 0) is 9.59 Å². The van der Waals surface area contributed by atoms with Crippen LogP contribution in [0.1, 0.15) is 20.8 Å². The molecule has 0 bridgehead atoms. The molecule has 0 saturated carbocycles. The number of Topliss-reactive ketones (excluding diaryl/α,β-unsaturated/α-hetero) is 1. The Hall–Kier alpha value is -3.04. The molecule has 0 heterocycles. The van der Waals surface area contributed by atoms with Crippen LogP contribution in [0.3, 0.4) is 0 Å². The molecule has 0 aliphatic heterocycles. The summed E-state index contributed by atoms with van der Waals surface area (Å²) in [5.41, 5.74) is 0.392. The fourth-order valence-electron chi connectivity index (χ4n) is 2.80. The van der Waals surface area contributed by atoms with Crippen molar-refractivity contribution in [1.82, 2.24) is 0 Å². The van der Waals surface area contributed by atoms with Crippen molar-refractivity contribution < 1.29 is 28.5 Å². The van der Waals surface area contributed by atoms with Gasteiger partial charge in [-0.2, -0.15) is 5.11 Å². The molecule has 0 aliphatic carbocycles. The number of halogens is 2. The van der Waals surface area contributed by atoms with Crippen LogP contribution in [-0.4, -0.2) is 45.2 Å². The number of nitrogens with zero attached hydrogens (tertiary/aromatic N) is 2. The molecule has 0 radical (unpaired) electrons. The van der Waals surface area contributed by atoms with E-state index in [1.807, 2.05) is 0 Å². The van der Waals surface area contributed by atoms with Gasteiger partial charge in [0.2, 0.25) is 6.04 Å². The number of carbonyl (C=O) groups excluding carboxylic acids is 2. The lowest BCUT2D eigenvalue weighted by molar-refractivity contribution is -0.126. The summed E-state index contributed by atoms with van der Waals surface area (Å²) in [5.74, 6) is -0.0702. The lowest BCUT2D eigenvalue weighted by atomic mass is 10.2. The Morgan fingerprint density at radius 1 is 0.970 bits per heavy atom. The molecular weight excluding hydrogens is 473 g/mol. The molecule has 33 heavy (non-hydrogen) atoms. The number of azo groups is 1. The van der Waals surface area contributed by atoms with E-state index in [9.17, 15) is 9.59 Å². The summed E-state index contributed by atoms with van der Waals surface area (Å²) < 4.78 is 21.5. The number of benzene rings is 2. The zero-order valence-corrected chi connectivity index (χ0v) is 20.4. The molecule has 2 aromatic rings. The highest BCUT2D eigenvalue weighted by Crippen LogP contribution is 2.43. The van der Waals surface area contributed by atoms with Gasteiger partial charge in [0.15, 0.2) is 34.5 Å². The third-order valence-corrected chi connectivity index (χ3v) is 4.96. The van der Waals surface area contributed by atoms with Crippen molar-refractivity contribution in [2.24, 2.45) is 10.2 Å². The number of hydrogen-bond acceptors (Lipinski definition) is 8. The first-order chi connectivity index (χ1) is 15.8. The molecule has 11 heteroatoms. The predicted molar refractivity (Wildman–Crippen MR) is 126 cm³/mol. The Morgan fingerprint density at radius 3 is 2.21 bits per heavy atom. The zero-order chi connectivity index (χ0) is 24.5. The number of methoxy groups -OCH3 is 2. The summed E-state index contributed by atoms with van der Waals surface area (Å²) in [6.07, 6.45) is 0. The molecule has 0 aromatic heterocycles. The minimum absolute atomic E-state index is 0.108. The Kier molecular flexibility index (Phi) is 9.74. The SMILES string of the molecule is CCOc1ccc(Cl)c(OCC)c1N=NC(C(C)=O)C(=O)Nc1ccc(OC)c(OC)c1Cl. The quantitative estimate of drug-likeness (QED) is 0.324. The second-order valence-corrected chi connectivity index (χ2v) is 7.25. The number of nitrogens with one attached hydrogen (secondary N) is 1. The summed E-state index contributed by atoms with van der Waals surface area (Å²) in [4.78, 5) is 25.1. The van der Waals surface area contributed by atoms with E-state index < -0.39 is 17.7 Å². The number of rotatable bonds is 11. The molecule has 0 aliphatic rings. The van der Waals surface area contributed by atoms with Crippen molar-refractivity contribution in [2.45, 2.75) is 26.8 Å². The van der Waals surface area contributed by atoms with Gasteiger partial charge in [0.25, 0.3) is 5.91 Å². The van der Waals surface area contributed by atoms with Crippen LogP contribution in [0.4, 0.5) is 11.4 Å². The van der Waals surface area contributed by atoms with Gasteiger partial charge in [-0.25, -0.2) is 0 Å². The fraction of sp³-hybridized carbons (Fsp3) is 0.364. The average molecular weight is 498 g/mol. The molecule has 2 rings (SSSR count). The van der Waals surface area contributed by atoms with Gasteiger partial charge in [-0.1, -0.05) is 23.2 Å². The molecule has 0 fully saturated rings. The second-order valence-electron chi connectivity index (χ2n) is 6.47. The van der Waals surface area contributed by atoms with Crippen molar-refractivity contribution in [2.75, 3.05) is 32.8 Å². The van der Waals surface area contributed by atoms with Crippen LogP contribution in [0.25, 0.3) is 0 Å². The smallest absolute Gasteiger partial charge is 0.258 e. The van der Waals surface area contributed by atoms with E-state index in [-0.39, 0.29) is 32.9 Å². The van der Waals surface area contributed by atoms with Crippen LogP contribution in [0.15, 0.2) is 34.5 Å². The standard InChI is InChI=1S/C22H25Cl2N3O6/c1-6-32-15-10-8-13(23)20(33-7-2)19(15)27-26-18(12(3)28)22(29)25-14-9-11-16(30-4)21(31-5)17(14)24/h8-11,18H,6-7H2,1-5H3,(H,25,29). The Labute approximate surface area is 202 Å². The van der Waals surface area contributed by atoms with Gasteiger partial charge in [-0.3, -0.25) is 9.59 Å². The molecular formula is C22H25Cl2N3O6. The van der Waals surface area contributed by atoms with Crippen LogP contribution in [0, 0.1) is 0 Å². The highest BCUT2D eigenvalue weighted by atomic mass is 35.5. The molecule has 1 atom stereocenters. The number of hydrogen-bond donors (Lipinski definition) is 1. The lowest BCUT2D eigenvalue weighted by Gasteiger charge is -2.15. The van der Waals surface area contributed by atoms with Crippen molar-refractivity contribution in [3.8, 4) is 23.0 Å². The highest BCUT2D eigenvalue weighted by molar-refractivity contribution is 6.35. The zero-order valence-electron chi connectivity index (χ0n) is 18.9. The molecule has 9 nitrogen and oxygen atoms in total. The normalized spacial score (nSPS) is 11.7. The van der Waals surface area contributed by atoms with E-state index in [0.717, 1.165) is 0 Å². The monoisotopic (exact) mass is 497 g/mol. The summed E-state index contributed by atoms with van der Waals surface area (Å²) in [6.45, 7) is 5.47. The minimum atomic E-state index is -1.46. The van der Waals surface area contributed by atoms with Gasteiger partial charge in [0.1, 0.15) is 5.02 Å². The van der Waals surface area contributed by atoms with Gasteiger partial charge in [0.05, 0.1) is 38.1 Å². The number of ketones is 1. The van der Waals surface area contributed by atoms with Crippen LogP contribution in [0.5, 0.6) is 23.0 Å². The summed E-state index contributed by atoms with van der Waals surface area (Å²) >= 11 is 12.5. The Balaban J connectivity index is 2.40. The van der Waals surface area contributed by atoms with Gasteiger partial charge in [0, 0.05) is 0 Å². The largest absolute Gasteiger partial charge is 0.493 e. The summed E-state index contributed by atoms with van der Waals surface area (Å²) in [5, 5.41) is 11.0. The van der Waals surface area contributed by atoms with E-state index >= 15 is 0 Å². The topological polar surface area (TPSA) is 108 Å². The van der Waals surface area contributed by atoms with Crippen LogP contribution in [0.2, 0.25) is 10.0 Å². The molecule has 1 amide bonds. The number of carbonyl (C=O) groups is 2. The maximum Gasteiger partial charge on any atom is 0.258 e. The maximum atomic E-state index is 12.9. The van der Waals surface area contributed by atoms with E-state index in [4.69, 9.17) is 42.1 Å². The predicted octanol–water partition coefficient (Wildman–Crippen LogP) is 5.49. The van der Waals surface area contributed by atoms with Crippen LogP contribution < -0.4 is 24.3 Å². The first kappa shape index (κ1) is 26.2. The van der Waals surface area contributed by atoms with Gasteiger partial charge >= 0.3 is 0 Å². The highest BCUT2D eigenvalue weighted by Gasteiger charge is 2.26. The molecule has 0 saturated heterocycles. The van der Waals surface area contributed by atoms with E-state index in [0.29, 0.717) is 24.7 Å². The maximum absolute atomic E-state index is 12.9. The van der Waals surface area contributed by atoms with Gasteiger partial charge in [-0.05, 0) is 45.0 Å². The molecule has 1 unspecified atom stereocenters. The van der Waals surface area contributed by atoms with Crippen molar-refractivity contribution >= 4 is 46.3 Å². The van der Waals surface area contributed by atoms with Crippen molar-refractivity contribution in [1.29, 1.82) is 0 Å². The van der Waals surface area contributed by atoms with Gasteiger partial charge in [-0.15, -0.1) is 5.11 Å².